The first kappa shape index (κ1) is 22.2. The summed E-state index contributed by atoms with van der Waals surface area (Å²) in [5.74, 6) is 0.510. The second-order valence-electron chi connectivity index (χ2n) is 7.80. The van der Waals surface area contributed by atoms with Crippen molar-refractivity contribution in [1.29, 1.82) is 0 Å². The van der Waals surface area contributed by atoms with E-state index in [1.165, 1.54) is 0 Å². The Morgan fingerprint density at radius 2 is 1.80 bits per heavy atom. The van der Waals surface area contributed by atoms with Gasteiger partial charge in [0.05, 0.1) is 13.5 Å². The minimum absolute atomic E-state index is 0.108. The van der Waals surface area contributed by atoms with E-state index < -0.39 is 6.04 Å². The molecule has 1 unspecified atom stereocenters. The number of nitrogens with one attached hydrogen (secondary N) is 1. The predicted octanol–water partition coefficient (Wildman–Crippen LogP) is 4.37. The molecular formula is C24H29ClN2O3. The molecule has 0 aliphatic heterocycles. The molecule has 1 aliphatic carbocycles. The molecule has 160 valence electrons. The van der Waals surface area contributed by atoms with Crippen LogP contribution in [0.3, 0.4) is 0 Å². The summed E-state index contributed by atoms with van der Waals surface area (Å²) in [5.41, 5.74) is 1.69. The molecule has 30 heavy (non-hydrogen) atoms. The van der Waals surface area contributed by atoms with Crippen LogP contribution in [0.4, 0.5) is 0 Å². The van der Waals surface area contributed by atoms with E-state index in [1.54, 1.807) is 25.0 Å². The van der Waals surface area contributed by atoms with E-state index in [0.29, 0.717) is 11.6 Å². The number of carbonyl (C=O) groups excluding carboxylic acids is 2. The van der Waals surface area contributed by atoms with Crippen LogP contribution in [-0.4, -0.2) is 35.9 Å². The number of nitrogens with zero attached hydrogens (tertiary/aromatic N) is 1. The van der Waals surface area contributed by atoms with Gasteiger partial charge in [-0.2, -0.15) is 0 Å². The summed E-state index contributed by atoms with van der Waals surface area (Å²) in [6.07, 6.45) is 4.44. The van der Waals surface area contributed by atoms with E-state index in [2.05, 4.69) is 5.32 Å². The summed E-state index contributed by atoms with van der Waals surface area (Å²) >= 11 is 6.26. The number of carbonyl (C=O) groups is 2. The van der Waals surface area contributed by atoms with Crippen LogP contribution in [0.25, 0.3) is 0 Å². The smallest absolute Gasteiger partial charge is 0.242 e. The Bertz CT molecular complexity index is 863. The van der Waals surface area contributed by atoms with Gasteiger partial charge >= 0.3 is 0 Å². The van der Waals surface area contributed by atoms with E-state index in [4.69, 9.17) is 16.3 Å². The summed E-state index contributed by atoms with van der Waals surface area (Å²) in [6, 6.07) is 14.5. The van der Waals surface area contributed by atoms with E-state index >= 15 is 0 Å². The molecular weight excluding hydrogens is 400 g/mol. The second-order valence-corrected chi connectivity index (χ2v) is 8.21. The third-order valence-electron chi connectivity index (χ3n) is 5.68. The molecule has 2 amide bonds. The van der Waals surface area contributed by atoms with Crippen LogP contribution in [0, 0.1) is 0 Å². The van der Waals surface area contributed by atoms with Crippen molar-refractivity contribution in [3.63, 3.8) is 0 Å². The number of amides is 2. The van der Waals surface area contributed by atoms with Gasteiger partial charge in [0.2, 0.25) is 11.8 Å². The fourth-order valence-corrected chi connectivity index (χ4v) is 4.01. The third kappa shape index (κ3) is 5.76. The van der Waals surface area contributed by atoms with Crippen molar-refractivity contribution in [2.75, 3.05) is 7.11 Å². The maximum Gasteiger partial charge on any atom is 0.242 e. The Balaban J connectivity index is 1.77. The molecule has 0 saturated heterocycles. The summed E-state index contributed by atoms with van der Waals surface area (Å²) < 4.78 is 5.21. The van der Waals surface area contributed by atoms with Gasteiger partial charge in [-0.05, 0) is 49.1 Å². The van der Waals surface area contributed by atoms with Crippen LogP contribution in [0.5, 0.6) is 5.75 Å². The van der Waals surface area contributed by atoms with Gasteiger partial charge in [-0.1, -0.05) is 54.8 Å². The van der Waals surface area contributed by atoms with E-state index in [9.17, 15) is 9.59 Å². The summed E-state index contributed by atoms with van der Waals surface area (Å²) in [5, 5.41) is 3.67. The molecule has 5 nitrogen and oxygen atoms in total. The molecule has 0 bridgehead atoms. The van der Waals surface area contributed by atoms with Crippen LogP contribution in [0.2, 0.25) is 5.02 Å². The number of hydrogen-bond donors (Lipinski definition) is 1. The van der Waals surface area contributed by atoms with Gasteiger partial charge in [-0.3, -0.25) is 9.59 Å². The Morgan fingerprint density at radius 1 is 1.13 bits per heavy atom. The molecule has 0 radical (unpaired) electrons. The average Bonchev–Trinajstić information content (AvgIpc) is 3.26. The topological polar surface area (TPSA) is 58.6 Å². The minimum atomic E-state index is -0.581. The summed E-state index contributed by atoms with van der Waals surface area (Å²) in [6.45, 7) is 2.13. The highest BCUT2D eigenvalue weighted by molar-refractivity contribution is 6.31. The largest absolute Gasteiger partial charge is 0.497 e. The number of hydrogen-bond acceptors (Lipinski definition) is 3. The molecule has 0 aromatic heterocycles. The monoisotopic (exact) mass is 428 g/mol. The zero-order chi connectivity index (χ0) is 21.5. The van der Waals surface area contributed by atoms with E-state index in [1.807, 2.05) is 42.5 Å². The highest BCUT2D eigenvalue weighted by Crippen LogP contribution is 2.21. The third-order valence-corrected chi connectivity index (χ3v) is 6.05. The van der Waals surface area contributed by atoms with Crippen molar-refractivity contribution in [3.8, 4) is 5.75 Å². The standard InChI is InChI=1S/C24H29ClN2O3/c1-17(24(29)26-20-8-4-5-9-20)27(16-18-11-13-21(30-2)14-12-18)23(28)15-19-7-3-6-10-22(19)25/h3,6-7,10-14,17,20H,4-5,8-9,15-16H2,1-2H3,(H,26,29). The molecule has 1 fully saturated rings. The van der Waals surface area contributed by atoms with Crippen molar-refractivity contribution >= 4 is 23.4 Å². The summed E-state index contributed by atoms with van der Waals surface area (Å²) in [4.78, 5) is 27.8. The van der Waals surface area contributed by atoms with Gasteiger partial charge in [0, 0.05) is 17.6 Å². The van der Waals surface area contributed by atoms with Crippen LogP contribution in [0.1, 0.15) is 43.7 Å². The Morgan fingerprint density at radius 3 is 2.43 bits per heavy atom. The maximum atomic E-state index is 13.2. The molecule has 1 atom stereocenters. The average molecular weight is 429 g/mol. The van der Waals surface area contributed by atoms with Gasteiger partial charge in [0.25, 0.3) is 0 Å². The van der Waals surface area contributed by atoms with Gasteiger partial charge in [-0.15, -0.1) is 0 Å². The van der Waals surface area contributed by atoms with Crippen molar-refractivity contribution < 1.29 is 14.3 Å². The van der Waals surface area contributed by atoms with E-state index in [-0.39, 0.29) is 24.3 Å². The zero-order valence-electron chi connectivity index (χ0n) is 17.6. The Hall–Kier alpha value is -2.53. The Labute approximate surface area is 183 Å². The van der Waals surface area contributed by atoms with Crippen molar-refractivity contribution in [3.05, 3.63) is 64.7 Å². The fourth-order valence-electron chi connectivity index (χ4n) is 3.81. The van der Waals surface area contributed by atoms with Crippen molar-refractivity contribution in [2.45, 2.75) is 57.7 Å². The predicted molar refractivity (Wildman–Crippen MR) is 119 cm³/mol. The zero-order valence-corrected chi connectivity index (χ0v) is 18.3. The first-order valence-corrected chi connectivity index (χ1v) is 10.8. The highest BCUT2D eigenvalue weighted by atomic mass is 35.5. The normalized spacial score (nSPS) is 14.9. The van der Waals surface area contributed by atoms with Crippen molar-refractivity contribution in [2.24, 2.45) is 0 Å². The van der Waals surface area contributed by atoms with Crippen LogP contribution >= 0.6 is 11.6 Å². The second kappa shape index (κ2) is 10.5. The SMILES string of the molecule is COc1ccc(CN(C(=O)Cc2ccccc2Cl)C(C)C(=O)NC2CCCC2)cc1. The number of halogens is 1. The van der Waals surface area contributed by atoms with Crippen LogP contribution in [-0.2, 0) is 22.6 Å². The fraction of sp³-hybridized carbons (Fsp3) is 0.417. The first-order valence-electron chi connectivity index (χ1n) is 10.4. The molecule has 0 spiro atoms. The molecule has 2 aromatic rings. The lowest BCUT2D eigenvalue weighted by Gasteiger charge is -2.30. The Kier molecular flexibility index (Phi) is 7.75. The minimum Gasteiger partial charge on any atom is -0.497 e. The van der Waals surface area contributed by atoms with Crippen LogP contribution < -0.4 is 10.1 Å². The maximum absolute atomic E-state index is 13.2. The van der Waals surface area contributed by atoms with Crippen LogP contribution in [0.15, 0.2) is 48.5 Å². The quantitative estimate of drug-likeness (QED) is 0.679. The van der Waals surface area contributed by atoms with Gasteiger partial charge in [-0.25, -0.2) is 0 Å². The lowest BCUT2D eigenvalue weighted by molar-refractivity contribution is -0.140. The molecule has 3 rings (SSSR count). The number of methoxy groups -OCH3 is 1. The van der Waals surface area contributed by atoms with Crippen molar-refractivity contribution in [1.82, 2.24) is 10.2 Å². The molecule has 1 N–H and O–H groups in total. The molecule has 2 aromatic carbocycles. The lowest BCUT2D eigenvalue weighted by Crippen LogP contribution is -2.50. The van der Waals surface area contributed by atoms with Gasteiger partial charge < -0.3 is 15.0 Å². The van der Waals surface area contributed by atoms with E-state index in [0.717, 1.165) is 42.6 Å². The highest BCUT2D eigenvalue weighted by Gasteiger charge is 2.28. The molecule has 1 aliphatic rings. The lowest BCUT2D eigenvalue weighted by atomic mass is 10.1. The first-order chi connectivity index (χ1) is 14.5. The van der Waals surface area contributed by atoms with Gasteiger partial charge in [0.1, 0.15) is 11.8 Å². The number of benzene rings is 2. The summed E-state index contributed by atoms with van der Waals surface area (Å²) in [7, 11) is 1.61. The number of ether oxygens (including phenoxy) is 1. The molecule has 6 heteroatoms. The molecule has 0 heterocycles. The molecule has 1 saturated carbocycles. The number of rotatable bonds is 8. The van der Waals surface area contributed by atoms with Gasteiger partial charge in [0.15, 0.2) is 0 Å².